The number of para-hydroxylation sites is 1. The number of hydrogen-bond donors (Lipinski definition) is 1. The summed E-state index contributed by atoms with van der Waals surface area (Å²) in [5.74, 6) is 1.42. The molecule has 0 fully saturated rings. The predicted molar refractivity (Wildman–Crippen MR) is 111 cm³/mol. The zero-order chi connectivity index (χ0) is 20.1. The molecule has 3 aromatic rings. The van der Waals surface area contributed by atoms with Gasteiger partial charge in [-0.15, -0.1) is 10.2 Å². The van der Waals surface area contributed by atoms with Crippen LogP contribution in [0.2, 0.25) is 0 Å². The molecular formula is C22H26N3O3+. The Hall–Kier alpha value is -3.12. The van der Waals surface area contributed by atoms with E-state index in [-0.39, 0.29) is 5.75 Å². The lowest BCUT2D eigenvalue weighted by molar-refractivity contribution is -0.870. The summed E-state index contributed by atoms with van der Waals surface area (Å²) in [5, 5.41) is 20.7. The van der Waals surface area contributed by atoms with Gasteiger partial charge in [0.15, 0.2) is 0 Å². The van der Waals surface area contributed by atoms with Crippen molar-refractivity contribution in [2.45, 2.75) is 0 Å². The maximum atomic E-state index is 10.3. The van der Waals surface area contributed by atoms with Crippen molar-refractivity contribution < 1.29 is 19.1 Å². The van der Waals surface area contributed by atoms with Crippen LogP contribution in [0.3, 0.4) is 0 Å². The van der Waals surface area contributed by atoms with Crippen molar-refractivity contribution in [3.8, 4) is 17.2 Å². The Morgan fingerprint density at radius 2 is 1.71 bits per heavy atom. The fourth-order valence-electron chi connectivity index (χ4n) is 2.70. The number of hydrogen-bond acceptors (Lipinski definition) is 5. The van der Waals surface area contributed by atoms with E-state index in [0.717, 1.165) is 21.8 Å². The number of nitrogens with zero attached hydrogens (tertiary/aromatic N) is 3. The molecule has 28 heavy (non-hydrogen) atoms. The van der Waals surface area contributed by atoms with Crippen LogP contribution >= 0.6 is 0 Å². The van der Waals surface area contributed by atoms with Gasteiger partial charge in [-0.3, -0.25) is 0 Å². The van der Waals surface area contributed by atoms with Crippen LogP contribution in [0.5, 0.6) is 17.2 Å². The first kappa shape index (κ1) is 19.6. The molecule has 0 atom stereocenters. The van der Waals surface area contributed by atoms with Crippen LogP contribution in [0, 0.1) is 0 Å². The molecule has 0 spiro atoms. The molecule has 3 aromatic carbocycles. The second-order valence-electron chi connectivity index (χ2n) is 7.55. The molecule has 0 heterocycles. The van der Waals surface area contributed by atoms with Crippen molar-refractivity contribution in [3.63, 3.8) is 0 Å². The number of methoxy groups -OCH3 is 1. The molecule has 0 aliphatic carbocycles. The third-order valence-electron chi connectivity index (χ3n) is 4.32. The van der Waals surface area contributed by atoms with E-state index in [1.54, 1.807) is 13.2 Å². The van der Waals surface area contributed by atoms with Gasteiger partial charge in [-0.05, 0) is 35.7 Å². The zero-order valence-corrected chi connectivity index (χ0v) is 16.7. The Kier molecular flexibility index (Phi) is 5.80. The topological polar surface area (TPSA) is 63.4 Å². The maximum absolute atomic E-state index is 10.3. The van der Waals surface area contributed by atoms with Crippen LogP contribution in [0.4, 0.5) is 11.4 Å². The van der Waals surface area contributed by atoms with Crippen LogP contribution in [0.25, 0.3) is 10.8 Å². The summed E-state index contributed by atoms with van der Waals surface area (Å²) in [7, 11) is 7.96. The lowest BCUT2D eigenvalue weighted by atomic mass is 10.1. The highest BCUT2D eigenvalue weighted by atomic mass is 16.5. The number of rotatable bonds is 7. The van der Waals surface area contributed by atoms with Crippen molar-refractivity contribution in [3.05, 3.63) is 54.6 Å². The Labute approximate surface area is 165 Å². The largest absolute Gasteiger partial charge is 0.506 e. The van der Waals surface area contributed by atoms with E-state index in [2.05, 4.69) is 31.4 Å². The maximum Gasteiger partial charge on any atom is 0.147 e. The van der Waals surface area contributed by atoms with Gasteiger partial charge in [-0.2, -0.15) is 0 Å². The van der Waals surface area contributed by atoms with E-state index < -0.39 is 0 Å². The molecule has 0 radical (unpaired) electrons. The van der Waals surface area contributed by atoms with E-state index in [0.29, 0.717) is 29.5 Å². The molecule has 1 N–H and O–H groups in total. The minimum atomic E-state index is 0.0629. The molecule has 0 aliphatic heterocycles. The number of fused-ring (bicyclic) bond motifs is 1. The van der Waals surface area contributed by atoms with Gasteiger partial charge in [0.25, 0.3) is 0 Å². The molecule has 0 bridgehead atoms. The number of ether oxygens (including phenoxy) is 2. The lowest BCUT2D eigenvalue weighted by Crippen LogP contribution is -2.38. The molecule has 0 aromatic heterocycles. The number of azo groups is 1. The first-order valence-corrected chi connectivity index (χ1v) is 9.11. The van der Waals surface area contributed by atoms with Crippen LogP contribution in [-0.2, 0) is 0 Å². The van der Waals surface area contributed by atoms with Crippen LogP contribution in [0.1, 0.15) is 0 Å². The Balaban J connectivity index is 1.91. The van der Waals surface area contributed by atoms with Gasteiger partial charge in [0.1, 0.15) is 41.8 Å². The molecule has 6 nitrogen and oxygen atoms in total. The molecule has 0 unspecified atom stereocenters. The van der Waals surface area contributed by atoms with Crippen LogP contribution < -0.4 is 9.47 Å². The first-order valence-electron chi connectivity index (χ1n) is 9.11. The van der Waals surface area contributed by atoms with Crippen molar-refractivity contribution >= 4 is 22.1 Å². The lowest BCUT2D eigenvalue weighted by Gasteiger charge is -2.23. The quantitative estimate of drug-likeness (QED) is 0.461. The second-order valence-corrected chi connectivity index (χ2v) is 7.55. The average molecular weight is 380 g/mol. The average Bonchev–Trinajstić information content (AvgIpc) is 2.66. The van der Waals surface area contributed by atoms with E-state index in [9.17, 15) is 5.11 Å². The van der Waals surface area contributed by atoms with Crippen molar-refractivity contribution in [1.29, 1.82) is 0 Å². The summed E-state index contributed by atoms with van der Waals surface area (Å²) >= 11 is 0. The highest BCUT2D eigenvalue weighted by Crippen LogP contribution is 2.38. The Morgan fingerprint density at radius 1 is 0.964 bits per heavy atom. The van der Waals surface area contributed by atoms with Gasteiger partial charge < -0.3 is 19.1 Å². The highest BCUT2D eigenvalue weighted by molar-refractivity contribution is 5.96. The first-order chi connectivity index (χ1) is 13.4. The zero-order valence-electron chi connectivity index (χ0n) is 16.7. The van der Waals surface area contributed by atoms with Crippen LogP contribution in [-0.4, -0.2) is 51.0 Å². The molecule has 0 amide bonds. The van der Waals surface area contributed by atoms with E-state index >= 15 is 0 Å². The SMILES string of the molecule is COc1ccc2ccc(O)c(N=Nc3ccccc3OCC[N+](C)(C)C)c2c1. The third-order valence-corrected chi connectivity index (χ3v) is 4.32. The van der Waals surface area contributed by atoms with E-state index in [1.807, 2.05) is 48.5 Å². The molecule has 0 saturated heterocycles. The fourth-order valence-corrected chi connectivity index (χ4v) is 2.70. The summed E-state index contributed by atoms with van der Waals surface area (Å²) in [4.78, 5) is 0. The predicted octanol–water partition coefficient (Wildman–Crippen LogP) is 5.05. The summed E-state index contributed by atoms with van der Waals surface area (Å²) in [6, 6.07) is 16.6. The van der Waals surface area contributed by atoms with Crippen molar-refractivity contribution in [1.82, 2.24) is 0 Å². The highest BCUT2D eigenvalue weighted by Gasteiger charge is 2.10. The summed E-state index contributed by atoms with van der Waals surface area (Å²) in [5.41, 5.74) is 1.01. The number of aromatic hydroxyl groups is 1. The molecule has 6 heteroatoms. The minimum absolute atomic E-state index is 0.0629. The third kappa shape index (κ3) is 4.78. The van der Waals surface area contributed by atoms with E-state index in [4.69, 9.17) is 9.47 Å². The second kappa shape index (κ2) is 8.27. The number of phenolic OH excluding ortho intramolecular Hbond substituents is 1. The molecule has 3 rings (SSSR count). The van der Waals surface area contributed by atoms with Gasteiger partial charge in [-0.1, -0.05) is 24.3 Å². The smallest absolute Gasteiger partial charge is 0.147 e. The van der Waals surface area contributed by atoms with Gasteiger partial charge >= 0.3 is 0 Å². The summed E-state index contributed by atoms with van der Waals surface area (Å²) < 4.78 is 12.0. The van der Waals surface area contributed by atoms with Gasteiger partial charge in [0.05, 0.1) is 28.3 Å². The molecule has 0 saturated carbocycles. The van der Waals surface area contributed by atoms with Gasteiger partial charge in [0, 0.05) is 5.39 Å². The monoisotopic (exact) mass is 380 g/mol. The van der Waals surface area contributed by atoms with Crippen LogP contribution in [0.15, 0.2) is 64.8 Å². The fraction of sp³-hybridized carbons (Fsp3) is 0.273. The number of phenols is 1. The number of likely N-dealkylation sites (N-methyl/N-ethyl adjacent to an activating group) is 1. The standard InChI is InChI=1S/C22H25N3O3/c1-25(2,3)13-14-28-21-8-6-5-7-19(21)23-24-22-18-15-17(27-4)11-9-16(18)10-12-20(22)26/h5-12,15H,13-14H2,1-4H3/p+1. The minimum Gasteiger partial charge on any atom is -0.506 e. The molecule has 0 aliphatic rings. The number of benzene rings is 3. The number of quaternary nitrogens is 1. The Bertz CT molecular complexity index is 994. The molecule has 146 valence electrons. The van der Waals surface area contributed by atoms with E-state index in [1.165, 1.54) is 0 Å². The summed E-state index contributed by atoms with van der Waals surface area (Å²) in [6.45, 7) is 1.45. The normalized spacial score (nSPS) is 11.9. The summed E-state index contributed by atoms with van der Waals surface area (Å²) in [6.07, 6.45) is 0. The molecular weight excluding hydrogens is 354 g/mol. The van der Waals surface area contributed by atoms with Crippen molar-refractivity contribution in [2.24, 2.45) is 10.2 Å². The Morgan fingerprint density at radius 3 is 2.46 bits per heavy atom. The van der Waals surface area contributed by atoms with Gasteiger partial charge in [-0.25, -0.2) is 0 Å². The van der Waals surface area contributed by atoms with Gasteiger partial charge in [0.2, 0.25) is 0 Å². The van der Waals surface area contributed by atoms with Crippen molar-refractivity contribution in [2.75, 3.05) is 41.4 Å².